The Labute approximate surface area is 118 Å². The van der Waals surface area contributed by atoms with E-state index in [1.807, 2.05) is 60.8 Å². The molecule has 20 heavy (non-hydrogen) atoms. The fraction of sp³-hybridized carbons (Fsp3) is 0. The molecule has 2 rings (SSSR count). The van der Waals surface area contributed by atoms with Crippen molar-refractivity contribution >= 4 is 17.6 Å². The topological polar surface area (TPSA) is 38.1 Å². The Balaban J connectivity index is 1.85. The highest BCUT2D eigenvalue weighted by molar-refractivity contribution is 5.68. The molecule has 0 aromatic heterocycles. The van der Waals surface area contributed by atoms with E-state index in [0.29, 0.717) is 5.69 Å². The van der Waals surface area contributed by atoms with Gasteiger partial charge in [0.25, 0.3) is 0 Å². The number of hydrogen-bond donors (Lipinski definition) is 1. The summed E-state index contributed by atoms with van der Waals surface area (Å²) in [5, 5.41) is 14.8. The zero-order valence-corrected chi connectivity index (χ0v) is 11.0. The van der Waals surface area contributed by atoms with Gasteiger partial charge >= 0.3 is 0 Å². The van der Waals surface area contributed by atoms with E-state index in [4.69, 9.17) is 0 Å². The zero-order chi connectivity index (χ0) is 14.0. The lowest BCUT2D eigenvalue weighted by Crippen LogP contribution is -1.94. The maximum absolute atomic E-state index is 11.7. The summed E-state index contributed by atoms with van der Waals surface area (Å²) in [6.45, 7) is 0. The molecule has 0 fully saturated rings. The molecule has 0 aliphatic heterocycles. The van der Waals surface area contributed by atoms with Crippen LogP contribution in [0.2, 0.25) is 0 Å². The summed E-state index contributed by atoms with van der Waals surface area (Å²) in [7, 11) is 0. The van der Waals surface area contributed by atoms with Crippen LogP contribution in [0.1, 0.15) is 0 Å². The Morgan fingerprint density at radius 3 is 2.15 bits per heavy atom. The van der Waals surface area contributed by atoms with Crippen molar-refractivity contribution in [2.45, 2.75) is 0 Å². The first kappa shape index (κ1) is 13.6. The number of hydrogen-bond acceptors (Lipinski definition) is 2. The largest absolute Gasteiger partial charge is 0.618 e. The third-order valence-electron chi connectivity index (χ3n) is 2.57. The van der Waals surface area contributed by atoms with Crippen molar-refractivity contribution in [1.82, 2.24) is 0 Å². The van der Waals surface area contributed by atoms with Gasteiger partial charge in [0, 0.05) is 30.1 Å². The summed E-state index contributed by atoms with van der Waals surface area (Å²) in [5.41, 5.74) is 1.64. The highest BCUT2D eigenvalue weighted by Crippen LogP contribution is 2.07. The van der Waals surface area contributed by atoms with Crippen LogP contribution in [0.5, 0.6) is 0 Å². The molecule has 2 aromatic rings. The van der Waals surface area contributed by atoms with Gasteiger partial charge in [-0.2, -0.15) is 4.74 Å². The summed E-state index contributed by atoms with van der Waals surface area (Å²) in [6.07, 6.45) is 8.62. The fourth-order valence-electron chi connectivity index (χ4n) is 1.59. The van der Waals surface area contributed by atoms with Gasteiger partial charge in [0.2, 0.25) is 5.69 Å². The molecule has 0 unspecified atom stereocenters. The first-order valence-electron chi connectivity index (χ1n) is 6.36. The van der Waals surface area contributed by atoms with Gasteiger partial charge in [-0.25, -0.2) is 0 Å². The molecule has 0 spiro atoms. The Hall–Kier alpha value is -2.81. The van der Waals surface area contributed by atoms with E-state index >= 15 is 0 Å². The number of anilines is 1. The molecule has 0 bridgehead atoms. The van der Waals surface area contributed by atoms with Crippen LogP contribution in [0.15, 0.2) is 85.1 Å². The maximum Gasteiger partial charge on any atom is 0.216 e. The van der Waals surface area contributed by atoms with Crippen molar-refractivity contribution in [3.05, 3.63) is 90.3 Å². The maximum atomic E-state index is 11.7. The molecule has 3 nitrogen and oxygen atoms in total. The predicted molar refractivity (Wildman–Crippen MR) is 84.1 cm³/mol. The van der Waals surface area contributed by atoms with Crippen molar-refractivity contribution in [3.63, 3.8) is 0 Å². The average Bonchev–Trinajstić information content (AvgIpc) is 2.52. The van der Waals surface area contributed by atoms with E-state index in [2.05, 4.69) is 5.32 Å². The first-order valence-corrected chi connectivity index (χ1v) is 6.36. The number of para-hydroxylation sites is 2. The molecule has 0 radical (unpaired) electrons. The molecule has 0 atom stereocenters. The van der Waals surface area contributed by atoms with Gasteiger partial charge in [-0.15, -0.1) is 0 Å². The molecule has 0 amide bonds. The monoisotopic (exact) mass is 264 g/mol. The van der Waals surface area contributed by atoms with Crippen molar-refractivity contribution in [1.29, 1.82) is 0 Å². The van der Waals surface area contributed by atoms with Crippen LogP contribution in [-0.4, -0.2) is 11.0 Å². The normalized spacial score (nSPS) is 12.1. The lowest BCUT2D eigenvalue weighted by atomic mass is 10.3. The lowest BCUT2D eigenvalue weighted by Gasteiger charge is -1.99. The molecule has 1 N–H and O–H groups in total. The highest BCUT2D eigenvalue weighted by atomic mass is 16.5. The average molecular weight is 264 g/mol. The van der Waals surface area contributed by atoms with E-state index in [0.717, 1.165) is 10.4 Å². The van der Waals surface area contributed by atoms with Gasteiger partial charge < -0.3 is 10.5 Å². The van der Waals surface area contributed by atoms with Crippen LogP contribution in [0, 0.1) is 5.21 Å². The molecule has 100 valence electrons. The zero-order valence-electron chi connectivity index (χ0n) is 11.0. The molecule has 0 saturated carbocycles. The number of benzene rings is 2. The first-order chi connectivity index (χ1) is 9.86. The summed E-state index contributed by atoms with van der Waals surface area (Å²) in [4.78, 5) is 0. The van der Waals surface area contributed by atoms with Gasteiger partial charge in [-0.05, 0) is 18.2 Å². The van der Waals surface area contributed by atoms with Crippen LogP contribution in [0.25, 0.3) is 0 Å². The highest BCUT2D eigenvalue weighted by Gasteiger charge is 1.95. The SMILES string of the molecule is [O-]\[N+](=C/C=C/C=C/Nc1ccccc1)c1ccccc1. The smallest absolute Gasteiger partial charge is 0.216 e. The molecular weight excluding hydrogens is 248 g/mol. The van der Waals surface area contributed by atoms with Crippen LogP contribution in [0.4, 0.5) is 11.4 Å². The second-order valence-electron chi connectivity index (χ2n) is 4.06. The number of allylic oxidation sites excluding steroid dienone is 3. The standard InChI is InChI=1S/C17H16N2O/c20-19(17-12-6-2-7-13-17)15-9-3-8-14-18-16-10-4-1-5-11-16/h1-15,18H/b9-3+,14-8+,19-15-. The van der Waals surface area contributed by atoms with Gasteiger partial charge in [-0.1, -0.05) is 42.5 Å². The van der Waals surface area contributed by atoms with E-state index in [-0.39, 0.29) is 0 Å². The molecule has 0 aliphatic rings. The van der Waals surface area contributed by atoms with E-state index in [1.54, 1.807) is 24.3 Å². The van der Waals surface area contributed by atoms with Crippen LogP contribution in [0.3, 0.4) is 0 Å². The summed E-state index contributed by atoms with van der Waals surface area (Å²) < 4.78 is 0.828. The minimum atomic E-state index is 0.614. The Morgan fingerprint density at radius 2 is 1.45 bits per heavy atom. The van der Waals surface area contributed by atoms with E-state index < -0.39 is 0 Å². The van der Waals surface area contributed by atoms with Crippen molar-refractivity contribution < 1.29 is 4.74 Å². The van der Waals surface area contributed by atoms with Gasteiger partial charge in [0.15, 0.2) is 6.21 Å². The van der Waals surface area contributed by atoms with Crippen molar-refractivity contribution in [3.8, 4) is 0 Å². The van der Waals surface area contributed by atoms with E-state index in [9.17, 15) is 5.21 Å². The Morgan fingerprint density at radius 1 is 0.800 bits per heavy atom. The Bertz CT molecular complexity index is 601. The third-order valence-corrected chi connectivity index (χ3v) is 2.57. The predicted octanol–water partition coefficient (Wildman–Crippen LogP) is 4.08. The van der Waals surface area contributed by atoms with Gasteiger partial charge in [0.1, 0.15) is 0 Å². The van der Waals surface area contributed by atoms with E-state index in [1.165, 1.54) is 6.21 Å². The van der Waals surface area contributed by atoms with Crippen molar-refractivity contribution in [2.75, 3.05) is 5.32 Å². The molecule has 0 saturated heterocycles. The number of nitrogens with zero attached hydrogens (tertiary/aromatic N) is 1. The van der Waals surface area contributed by atoms with Crippen LogP contribution < -0.4 is 5.32 Å². The molecule has 2 aromatic carbocycles. The molecular formula is C17H16N2O. The molecule has 0 aliphatic carbocycles. The van der Waals surface area contributed by atoms with Gasteiger partial charge in [0.05, 0.1) is 0 Å². The molecule has 3 heteroatoms. The van der Waals surface area contributed by atoms with Crippen LogP contribution in [-0.2, 0) is 0 Å². The second kappa shape index (κ2) is 7.59. The minimum Gasteiger partial charge on any atom is -0.618 e. The minimum absolute atomic E-state index is 0.614. The van der Waals surface area contributed by atoms with Gasteiger partial charge in [-0.3, -0.25) is 0 Å². The Kier molecular flexibility index (Phi) is 5.17. The summed E-state index contributed by atoms with van der Waals surface area (Å²) in [5.74, 6) is 0. The third kappa shape index (κ3) is 4.46. The number of rotatable bonds is 5. The number of nitrogens with one attached hydrogen (secondary N) is 1. The summed E-state index contributed by atoms with van der Waals surface area (Å²) >= 11 is 0. The fourth-order valence-corrected chi connectivity index (χ4v) is 1.59. The quantitative estimate of drug-likeness (QED) is 0.290. The van der Waals surface area contributed by atoms with Crippen molar-refractivity contribution in [2.24, 2.45) is 0 Å². The summed E-state index contributed by atoms with van der Waals surface area (Å²) in [6, 6.07) is 19.0. The lowest BCUT2D eigenvalue weighted by molar-refractivity contribution is -0.354. The second-order valence-corrected chi connectivity index (χ2v) is 4.06. The molecule has 0 heterocycles. The van der Waals surface area contributed by atoms with Crippen LogP contribution >= 0.6 is 0 Å².